The predicted molar refractivity (Wildman–Crippen MR) is 121 cm³/mol. The molecule has 0 aliphatic carbocycles. The first-order valence-electron chi connectivity index (χ1n) is 9.55. The van der Waals surface area contributed by atoms with Crippen LogP contribution in [0.4, 0.5) is 5.00 Å². The highest BCUT2D eigenvalue weighted by Gasteiger charge is 2.17. The van der Waals surface area contributed by atoms with Gasteiger partial charge in [-0.1, -0.05) is 35.6 Å². The van der Waals surface area contributed by atoms with Crippen LogP contribution in [0.3, 0.4) is 0 Å². The number of hydrogen-bond donors (Lipinski definition) is 2. The number of nitro groups is 1. The van der Waals surface area contributed by atoms with Crippen LogP contribution in [-0.4, -0.2) is 29.7 Å². The summed E-state index contributed by atoms with van der Waals surface area (Å²) in [5.74, 6) is -0.0498. The van der Waals surface area contributed by atoms with Crippen molar-refractivity contribution in [3.05, 3.63) is 92.5 Å². The Hall–Kier alpha value is -4.51. The summed E-state index contributed by atoms with van der Waals surface area (Å²) < 4.78 is 10.6. The van der Waals surface area contributed by atoms with Gasteiger partial charge in [0.25, 0.3) is 11.8 Å². The highest BCUT2D eigenvalue weighted by atomic mass is 32.1. The first-order valence-corrected chi connectivity index (χ1v) is 10.4. The van der Waals surface area contributed by atoms with E-state index in [0.29, 0.717) is 27.5 Å². The molecule has 10 nitrogen and oxygen atoms in total. The molecule has 1 aromatic heterocycles. The van der Waals surface area contributed by atoms with Crippen LogP contribution in [0.2, 0.25) is 0 Å². The Labute approximate surface area is 191 Å². The average Bonchev–Trinajstić information content (AvgIpc) is 3.48. The Morgan fingerprint density at radius 1 is 1.06 bits per heavy atom. The summed E-state index contributed by atoms with van der Waals surface area (Å²) in [5.41, 5.74) is 3.23. The SMILES string of the molecule is O=C(NN=Cc1ccc([N+](=O)[O-])s1)C(=Cc1ccc2c(c1)OCO2)NC(=O)c1ccccc1. The van der Waals surface area contributed by atoms with Crippen molar-refractivity contribution < 1.29 is 24.0 Å². The van der Waals surface area contributed by atoms with E-state index < -0.39 is 16.7 Å². The van der Waals surface area contributed by atoms with Crippen molar-refractivity contribution in [3.8, 4) is 11.5 Å². The molecule has 33 heavy (non-hydrogen) atoms. The zero-order valence-electron chi connectivity index (χ0n) is 16.9. The third-order valence-electron chi connectivity index (χ3n) is 4.39. The van der Waals surface area contributed by atoms with Crippen LogP contribution in [0.5, 0.6) is 11.5 Å². The Morgan fingerprint density at radius 2 is 1.85 bits per heavy atom. The molecule has 0 bridgehead atoms. The third kappa shape index (κ3) is 5.40. The summed E-state index contributed by atoms with van der Waals surface area (Å²) in [4.78, 5) is 36.2. The molecule has 2 heterocycles. The maximum Gasteiger partial charge on any atom is 0.324 e. The van der Waals surface area contributed by atoms with Crippen LogP contribution in [0.1, 0.15) is 20.8 Å². The minimum absolute atomic E-state index is 0.0405. The van der Waals surface area contributed by atoms with Crippen LogP contribution in [0.25, 0.3) is 6.08 Å². The Kier molecular flexibility index (Phi) is 6.41. The summed E-state index contributed by atoms with van der Waals surface area (Å²) in [7, 11) is 0. The number of thiophene rings is 1. The molecule has 1 aliphatic heterocycles. The minimum Gasteiger partial charge on any atom is -0.454 e. The van der Waals surface area contributed by atoms with Crippen molar-refractivity contribution in [3.63, 3.8) is 0 Å². The molecular weight excluding hydrogens is 448 g/mol. The second-order valence-corrected chi connectivity index (χ2v) is 7.72. The van der Waals surface area contributed by atoms with Crippen LogP contribution in [0.15, 0.2) is 71.5 Å². The van der Waals surface area contributed by atoms with Crippen molar-refractivity contribution in [2.75, 3.05) is 6.79 Å². The molecule has 2 N–H and O–H groups in total. The molecule has 0 unspecified atom stereocenters. The van der Waals surface area contributed by atoms with Gasteiger partial charge in [-0.05, 0) is 42.0 Å². The van der Waals surface area contributed by atoms with Crippen molar-refractivity contribution in [2.45, 2.75) is 0 Å². The van der Waals surface area contributed by atoms with Gasteiger partial charge in [-0.15, -0.1) is 0 Å². The van der Waals surface area contributed by atoms with E-state index >= 15 is 0 Å². The highest BCUT2D eigenvalue weighted by molar-refractivity contribution is 7.16. The van der Waals surface area contributed by atoms with Gasteiger partial charge in [0.05, 0.1) is 16.0 Å². The van der Waals surface area contributed by atoms with E-state index in [1.807, 2.05) is 0 Å². The lowest BCUT2D eigenvalue weighted by Gasteiger charge is -2.09. The summed E-state index contributed by atoms with van der Waals surface area (Å²) >= 11 is 0.913. The number of carbonyl (C=O) groups excluding carboxylic acids is 2. The van der Waals surface area contributed by atoms with E-state index in [-0.39, 0.29) is 17.5 Å². The molecule has 2 amide bonds. The normalized spacial score (nSPS) is 12.5. The monoisotopic (exact) mass is 464 g/mol. The number of benzene rings is 2. The van der Waals surface area contributed by atoms with Crippen LogP contribution in [0, 0.1) is 10.1 Å². The highest BCUT2D eigenvalue weighted by Crippen LogP contribution is 2.33. The minimum atomic E-state index is -0.681. The molecule has 11 heteroatoms. The molecule has 0 saturated heterocycles. The Balaban J connectivity index is 1.54. The number of hydrazone groups is 1. The van der Waals surface area contributed by atoms with Gasteiger partial charge < -0.3 is 14.8 Å². The third-order valence-corrected chi connectivity index (χ3v) is 5.36. The fourth-order valence-corrected chi connectivity index (χ4v) is 3.53. The standard InChI is InChI=1S/C22H16N4O6S/c27-21(15-4-2-1-3-5-15)24-17(10-14-6-8-18-19(11-14)32-13-31-18)22(28)25-23-12-16-7-9-20(33-16)26(29)30/h1-12H,13H2,(H,24,27)(H,25,28). The van der Waals surface area contributed by atoms with E-state index in [0.717, 1.165) is 11.3 Å². The lowest BCUT2D eigenvalue weighted by atomic mass is 10.1. The van der Waals surface area contributed by atoms with Gasteiger partial charge in [0.1, 0.15) is 5.70 Å². The van der Waals surface area contributed by atoms with Gasteiger partial charge in [-0.25, -0.2) is 5.43 Å². The summed E-state index contributed by atoms with van der Waals surface area (Å²) in [5, 5.41) is 17.2. The average molecular weight is 464 g/mol. The van der Waals surface area contributed by atoms with Crippen LogP contribution in [-0.2, 0) is 4.79 Å². The van der Waals surface area contributed by atoms with E-state index in [1.165, 1.54) is 24.4 Å². The number of amides is 2. The van der Waals surface area contributed by atoms with Gasteiger partial charge >= 0.3 is 5.00 Å². The number of nitrogens with one attached hydrogen (secondary N) is 2. The second kappa shape index (κ2) is 9.75. The molecule has 0 fully saturated rings. The van der Waals surface area contributed by atoms with Crippen molar-refractivity contribution >= 4 is 40.4 Å². The van der Waals surface area contributed by atoms with E-state index in [1.54, 1.807) is 48.5 Å². The van der Waals surface area contributed by atoms with Crippen LogP contribution < -0.4 is 20.2 Å². The zero-order chi connectivity index (χ0) is 23.2. The quantitative estimate of drug-likeness (QED) is 0.239. The number of carbonyl (C=O) groups is 2. The smallest absolute Gasteiger partial charge is 0.324 e. The molecule has 0 radical (unpaired) electrons. The number of nitrogens with zero attached hydrogens (tertiary/aromatic N) is 2. The lowest BCUT2D eigenvalue weighted by Crippen LogP contribution is -2.32. The molecule has 166 valence electrons. The number of fused-ring (bicyclic) bond motifs is 1. The maximum absolute atomic E-state index is 12.8. The topological polar surface area (TPSA) is 132 Å². The summed E-state index contributed by atoms with van der Waals surface area (Å²) in [6.45, 7) is 0.107. The second-order valence-electron chi connectivity index (χ2n) is 6.62. The van der Waals surface area contributed by atoms with Crippen molar-refractivity contribution in [1.29, 1.82) is 0 Å². The van der Waals surface area contributed by atoms with E-state index in [4.69, 9.17) is 9.47 Å². The van der Waals surface area contributed by atoms with Crippen molar-refractivity contribution in [2.24, 2.45) is 5.10 Å². The summed E-state index contributed by atoms with van der Waals surface area (Å²) in [6, 6.07) is 16.4. The molecule has 0 saturated carbocycles. The molecule has 1 aliphatic rings. The zero-order valence-corrected chi connectivity index (χ0v) is 17.7. The molecule has 3 aromatic rings. The maximum atomic E-state index is 12.8. The van der Waals surface area contributed by atoms with E-state index in [2.05, 4.69) is 15.8 Å². The molecule has 0 atom stereocenters. The van der Waals surface area contributed by atoms with Crippen LogP contribution >= 0.6 is 11.3 Å². The van der Waals surface area contributed by atoms with E-state index in [9.17, 15) is 19.7 Å². The number of rotatable bonds is 7. The molecular formula is C22H16N4O6S. The van der Waals surface area contributed by atoms with Gasteiger partial charge in [0.2, 0.25) is 6.79 Å². The Bertz CT molecular complexity index is 1270. The predicted octanol–water partition coefficient (Wildman–Crippen LogP) is 3.31. The summed E-state index contributed by atoms with van der Waals surface area (Å²) in [6.07, 6.45) is 2.76. The first-order chi connectivity index (χ1) is 16.0. The first kappa shape index (κ1) is 21.7. The Morgan fingerprint density at radius 3 is 2.61 bits per heavy atom. The molecule has 0 spiro atoms. The lowest BCUT2D eigenvalue weighted by molar-refractivity contribution is -0.380. The van der Waals surface area contributed by atoms with Gasteiger partial charge in [0.15, 0.2) is 11.5 Å². The fourth-order valence-electron chi connectivity index (χ4n) is 2.84. The van der Waals surface area contributed by atoms with Crippen molar-refractivity contribution in [1.82, 2.24) is 10.7 Å². The molecule has 4 rings (SSSR count). The van der Waals surface area contributed by atoms with Gasteiger partial charge in [-0.2, -0.15) is 5.10 Å². The number of hydrogen-bond acceptors (Lipinski definition) is 8. The number of ether oxygens (including phenoxy) is 2. The molecule has 2 aromatic carbocycles. The van der Waals surface area contributed by atoms with Gasteiger partial charge in [-0.3, -0.25) is 19.7 Å². The largest absolute Gasteiger partial charge is 0.454 e. The fraction of sp³-hybridized carbons (Fsp3) is 0.0455. The van der Waals surface area contributed by atoms with Gasteiger partial charge in [0, 0.05) is 11.6 Å².